The van der Waals surface area contributed by atoms with Crippen LogP contribution in [0.4, 0.5) is 0 Å². The van der Waals surface area contributed by atoms with E-state index in [4.69, 9.17) is 0 Å². The first-order chi connectivity index (χ1) is 12.7. The molecular formula is C22H22N2OSe. The Kier molecular flexibility index (Phi) is 5.07. The summed E-state index contributed by atoms with van der Waals surface area (Å²) >= 11 is -0.203. The van der Waals surface area contributed by atoms with Gasteiger partial charge in [0.25, 0.3) is 0 Å². The predicted molar refractivity (Wildman–Crippen MR) is 108 cm³/mol. The molecule has 4 heteroatoms. The second-order valence-corrected chi connectivity index (χ2v) is 8.96. The Bertz CT molecular complexity index is 959. The van der Waals surface area contributed by atoms with Gasteiger partial charge in [-0.1, -0.05) is 0 Å². The fraction of sp³-hybridized carbons (Fsp3) is 0.227. The number of para-hydroxylation sites is 1. The Balaban J connectivity index is 1.69. The molecule has 3 nitrogen and oxygen atoms in total. The molecule has 3 aromatic rings. The van der Waals surface area contributed by atoms with Crippen LogP contribution in [0.2, 0.25) is 0 Å². The van der Waals surface area contributed by atoms with Gasteiger partial charge in [0, 0.05) is 0 Å². The van der Waals surface area contributed by atoms with Crippen LogP contribution in [0.5, 0.6) is 0 Å². The summed E-state index contributed by atoms with van der Waals surface area (Å²) in [6.45, 7) is 2.88. The standard InChI is InChI=1S/C22H22N2OSe/c1-23-13-7-8-17(15-23)16-24-20-12-6-5-9-18(20)14-21(24)22(25)26-19-10-3-2-4-11-19/h2-6,8-12,14H,7,13,15-16H2,1H3. The molecule has 0 saturated carbocycles. The molecule has 4 rings (SSSR count). The van der Waals surface area contributed by atoms with Crippen LogP contribution in [0.3, 0.4) is 0 Å². The fourth-order valence-corrected chi connectivity index (χ4v) is 5.13. The van der Waals surface area contributed by atoms with Crippen LogP contribution < -0.4 is 4.46 Å². The Labute approximate surface area is 160 Å². The van der Waals surface area contributed by atoms with Crippen LogP contribution in [-0.2, 0) is 6.54 Å². The molecule has 2 aromatic carbocycles. The van der Waals surface area contributed by atoms with Gasteiger partial charge in [0.05, 0.1) is 0 Å². The number of hydrogen-bond donors (Lipinski definition) is 0. The molecule has 0 radical (unpaired) electrons. The molecule has 0 aliphatic carbocycles. The number of likely N-dealkylation sites (N-methyl/N-ethyl adjacent to an activating group) is 1. The zero-order valence-electron chi connectivity index (χ0n) is 14.9. The van der Waals surface area contributed by atoms with Gasteiger partial charge < -0.3 is 0 Å². The van der Waals surface area contributed by atoms with E-state index in [0.717, 1.165) is 47.1 Å². The average Bonchev–Trinajstić information content (AvgIpc) is 3.01. The molecule has 0 atom stereocenters. The number of nitrogens with zero attached hydrogens (tertiary/aromatic N) is 2. The monoisotopic (exact) mass is 410 g/mol. The van der Waals surface area contributed by atoms with Gasteiger partial charge in [-0.25, -0.2) is 0 Å². The van der Waals surface area contributed by atoms with E-state index in [1.165, 1.54) is 5.57 Å². The fourth-order valence-electron chi connectivity index (χ4n) is 3.49. The summed E-state index contributed by atoms with van der Waals surface area (Å²) in [7, 11) is 2.16. The summed E-state index contributed by atoms with van der Waals surface area (Å²) in [5.74, 6) is 0. The Morgan fingerprint density at radius 1 is 1.08 bits per heavy atom. The molecule has 0 bridgehead atoms. The molecule has 1 aliphatic rings. The Morgan fingerprint density at radius 3 is 2.65 bits per heavy atom. The Morgan fingerprint density at radius 2 is 1.85 bits per heavy atom. The third-order valence-electron chi connectivity index (χ3n) is 4.75. The maximum atomic E-state index is 13.1. The normalized spacial score (nSPS) is 15.2. The molecule has 132 valence electrons. The zero-order valence-corrected chi connectivity index (χ0v) is 16.6. The Hall–Kier alpha value is -2.13. The van der Waals surface area contributed by atoms with Crippen LogP contribution >= 0.6 is 0 Å². The number of fused-ring (bicyclic) bond motifs is 1. The minimum atomic E-state index is -0.203. The van der Waals surface area contributed by atoms with Gasteiger partial charge >= 0.3 is 160 Å². The van der Waals surface area contributed by atoms with E-state index < -0.39 is 0 Å². The van der Waals surface area contributed by atoms with Crippen LogP contribution in [0.25, 0.3) is 10.9 Å². The molecule has 0 unspecified atom stereocenters. The summed E-state index contributed by atoms with van der Waals surface area (Å²) in [6, 6.07) is 20.5. The van der Waals surface area contributed by atoms with Gasteiger partial charge in [0.2, 0.25) is 0 Å². The van der Waals surface area contributed by atoms with E-state index in [2.05, 4.69) is 46.9 Å². The van der Waals surface area contributed by atoms with Crippen molar-refractivity contribution >= 4 is 35.0 Å². The first-order valence-electron chi connectivity index (χ1n) is 8.92. The van der Waals surface area contributed by atoms with Crippen molar-refractivity contribution in [1.82, 2.24) is 9.47 Å². The molecule has 0 fully saturated rings. The van der Waals surface area contributed by atoms with Gasteiger partial charge in [0.1, 0.15) is 0 Å². The summed E-state index contributed by atoms with van der Waals surface area (Å²) in [6.07, 6.45) is 3.42. The topological polar surface area (TPSA) is 25.2 Å². The summed E-state index contributed by atoms with van der Waals surface area (Å²) in [4.78, 5) is 15.4. The van der Waals surface area contributed by atoms with Crippen LogP contribution in [0.15, 0.2) is 72.3 Å². The molecule has 2 heterocycles. The molecule has 0 amide bonds. The zero-order chi connectivity index (χ0) is 17.9. The van der Waals surface area contributed by atoms with Crippen molar-refractivity contribution in [2.24, 2.45) is 0 Å². The molecule has 0 saturated heterocycles. The summed E-state index contributed by atoms with van der Waals surface area (Å²) < 4.78 is 3.58. The molecule has 0 spiro atoms. The first kappa shape index (κ1) is 17.3. The van der Waals surface area contributed by atoms with Crippen molar-refractivity contribution in [3.63, 3.8) is 0 Å². The average molecular weight is 409 g/mol. The van der Waals surface area contributed by atoms with E-state index in [9.17, 15) is 4.79 Å². The predicted octanol–water partition coefficient (Wildman–Crippen LogP) is 3.07. The number of carbonyl (C=O) groups is 1. The van der Waals surface area contributed by atoms with Crippen molar-refractivity contribution in [3.05, 3.63) is 78.0 Å². The number of benzene rings is 2. The molecule has 1 aliphatic heterocycles. The third-order valence-corrected chi connectivity index (χ3v) is 6.64. The van der Waals surface area contributed by atoms with E-state index in [0.29, 0.717) is 0 Å². The van der Waals surface area contributed by atoms with Gasteiger partial charge in [-0.3, -0.25) is 0 Å². The van der Waals surface area contributed by atoms with Crippen LogP contribution in [0.1, 0.15) is 16.9 Å². The number of aromatic nitrogens is 1. The van der Waals surface area contributed by atoms with Crippen molar-refractivity contribution in [2.75, 3.05) is 20.1 Å². The molecule has 26 heavy (non-hydrogen) atoms. The van der Waals surface area contributed by atoms with Gasteiger partial charge in [-0.05, 0) is 0 Å². The van der Waals surface area contributed by atoms with Crippen molar-refractivity contribution in [1.29, 1.82) is 0 Å². The van der Waals surface area contributed by atoms with Crippen LogP contribution in [-0.4, -0.2) is 49.2 Å². The van der Waals surface area contributed by atoms with Crippen LogP contribution in [0, 0.1) is 0 Å². The minimum absolute atomic E-state index is 0.203. The first-order valence-corrected chi connectivity index (χ1v) is 10.6. The van der Waals surface area contributed by atoms with Crippen molar-refractivity contribution in [3.8, 4) is 0 Å². The second-order valence-electron chi connectivity index (χ2n) is 6.77. The van der Waals surface area contributed by atoms with Crippen molar-refractivity contribution in [2.45, 2.75) is 13.0 Å². The van der Waals surface area contributed by atoms with E-state index in [1.54, 1.807) is 0 Å². The van der Waals surface area contributed by atoms with E-state index >= 15 is 0 Å². The number of carbonyl (C=O) groups excluding carboxylic acids is 1. The summed E-state index contributed by atoms with van der Waals surface area (Å²) in [5, 5.41) is 1.14. The van der Waals surface area contributed by atoms with Gasteiger partial charge in [0.15, 0.2) is 0 Å². The molecule has 0 N–H and O–H groups in total. The molecular weight excluding hydrogens is 387 g/mol. The number of rotatable bonds is 5. The van der Waals surface area contributed by atoms with Gasteiger partial charge in [-0.2, -0.15) is 0 Å². The molecule has 1 aromatic heterocycles. The summed E-state index contributed by atoms with van der Waals surface area (Å²) in [5.41, 5.74) is 3.37. The van der Waals surface area contributed by atoms with Gasteiger partial charge in [-0.15, -0.1) is 0 Å². The van der Waals surface area contributed by atoms with Crippen molar-refractivity contribution < 1.29 is 4.79 Å². The van der Waals surface area contributed by atoms with E-state index in [1.807, 2.05) is 36.4 Å². The van der Waals surface area contributed by atoms with E-state index in [-0.39, 0.29) is 19.6 Å². The quantitative estimate of drug-likeness (QED) is 0.478. The SMILES string of the molecule is CN1CCC=C(Cn2c(C(=O)[Se]c3ccccc3)cc3ccccc32)C1. The second kappa shape index (κ2) is 7.63. The third kappa shape index (κ3) is 3.68. The number of hydrogen-bond acceptors (Lipinski definition) is 2. The maximum absolute atomic E-state index is 13.1.